The summed E-state index contributed by atoms with van der Waals surface area (Å²) in [7, 11) is 0. The fourth-order valence-corrected chi connectivity index (χ4v) is 5.15. The van der Waals surface area contributed by atoms with Crippen molar-refractivity contribution in [2.45, 2.75) is 59.7 Å². The van der Waals surface area contributed by atoms with Crippen LogP contribution in [0.2, 0.25) is 0 Å². The zero-order chi connectivity index (χ0) is 25.9. The molecule has 186 valence electrons. The van der Waals surface area contributed by atoms with Gasteiger partial charge in [-0.1, -0.05) is 0 Å². The Kier molecular flexibility index (Phi) is 5.83. The van der Waals surface area contributed by atoms with Crippen LogP contribution in [0.5, 0.6) is 5.75 Å². The van der Waals surface area contributed by atoms with Gasteiger partial charge in [-0.15, -0.1) is 0 Å². The molecule has 0 bridgehead atoms. The third-order valence-electron chi connectivity index (χ3n) is 6.75. The zero-order valence-electron chi connectivity index (χ0n) is 21.4. The first-order valence-corrected chi connectivity index (χ1v) is 12.1. The average Bonchev–Trinajstić information content (AvgIpc) is 2.81. The molecule has 0 fully saturated rings. The topological polar surface area (TPSA) is 48.4 Å². The van der Waals surface area contributed by atoms with Crippen LogP contribution in [0.25, 0.3) is 32.8 Å². The first-order valence-electron chi connectivity index (χ1n) is 12.1. The van der Waals surface area contributed by atoms with Gasteiger partial charge in [0.1, 0.15) is 23.5 Å². The van der Waals surface area contributed by atoms with Crippen molar-refractivity contribution in [2.24, 2.45) is 0 Å². The van der Waals surface area contributed by atoms with Crippen LogP contribution < -0.4 is 4.74 Å². The largest absolute Gasteiger partial charge is 0.493 e. The SMILES string of the molecule is CC(=O)[C@@H](OC(C)(C)C)c1c(C)cc2c(F)c(C)c(F)cc2c1-c1ccc2c3c(ccnc13)CCO2. The van der Waals surface area contributed by atoms with Gasteiger partial charge in [0.05, 0.1) is 17.7 Å². The number of hydrogen-bond donors (Lipinski definition) is 0. The lowest BCUT2D eigenvalue weighted by molar-refractivity contribution is -0.138. The molecule has 0 saturated heterocycles. The Balaban J connectivity index is 1.97. The van der Waals surface area contributed by atoms with E-state index in [0.29, 0.717) is 45.1 Å². The second-order valence-corrected chi connectivity index (χ2v) is 10.5. The van der Waals surface area contributed by atoms with E-state index in [1.54, 1.807) is 12.3 Å². The van der Waals surface area contributed by atoms with Crippen molar-refractivity contribution in [1.82, 2.24) is 4.98 Å². The smallest absolute Gasteiger partial charge is 0.163 e. The highest BCUT2D eigenvalue weighted by molar-refractivity contribution is 6.09. The highest BCUT2D eigenvalue weighted by atomic mass is 19.1. The lowest BCUT2D eigenvalue weighted by Crippen LogP contribution is -2.27. The maximum Gasteiger partial charge on any atom is 0.163 e. The lowest BCUT2D eigenvalue weighted by Gasteiger charge is -2.30. The highest BCUT2D eigenvalue weighted by Gasteiger charge is 2.31. The summed E-state index contributed by atoms with van der Waals surface area (Å²) in [5.74, 6) is -0.730. The zero-order valence-corrected chi connectivity index (χ0v) is 21.4. The summed E-state index contributed by atoms with van der Waals surface area (Å²) in [4.78, 5) is 17.7. The Morgan fingerprint density at radius 3 is 2.56 bits per heavy atom. The molecule has 36 heavy (non-hydrogen) atoms. The van der Waals surface area contributed by atoms with Gasteiger partial charge >= 0.3 is 0 Å². The van der Waals surface area contributed by atoms with Crippen LogP contribution >= 0.6 is 0 Å². The van der Waals surface area contributed by atoms with E-state index in [9.17, 15) is 4.79 Å². The predicted octanol–water partition coefficient (Wildman–Crippen LogP) is 7.33. The van der Waals surface area contributed by atoms with E-state index in [0.717, 1.165) is 23.1 Å². The van der Waals surface area contributed by atoms with E-state index in [1.807, 2.05) is 45.9 Å². The Morgan fingerprint density at radius 1 is 1.11 bits per heavy atom. The Labute approximate surface area is 209 Å². The van der Waals surface area contributed by atoms with Crippen molar-refractivity contribution in [2.75, 3.05) is 6.61 Å². The fraction of sp³-hybridized carbons (Fsp3) is 0.333. The van der Waals surface area contributed by atoms with Gasteiger partial charge in [0, 0.05) is 34.5 Å². The second kappa shape index (κ2) is 8.63. The number of Topliss-reactive ketones (excluding diaryl/α,β-unsaturated/α-hetero) is 1. The van der Waals surface area contributed by atoms with Crippen molar-refractivity contribution in [3.63, 3.8) is 0 Å². The number of benzene rings is 3. The van der Waals surface area contributed by atoms with Crippen molar-refractivity contribution in [3.8, 4) is 16.9 Å². The molecule has 0 saturated carbocycles. The summed E-state index contributed by atoms with van der Waals surface area (Å²) in [5.41, 5.74) is 3.59. The average molecular weight is 490 g/mol. The summed E-state index contributed by atoms with van der Waals surface area (Å²) < 4.78 is 42.6. The quantitative estimate of drug-likeness (QED) is 0.301. The number of aromatic nitrogens is 1. The number of ketones is 1. The van der Waals surface area contributed by atoms with Crippen molar-refractivity contribution < 1.29 is 23.0 Å². The standard InChI is InChI=1S/C30H29F2NO3/c1-15-13-21-20(14-22(31)16(2)27(21)32)26(24(15)29(17(3)34)36-30(4,5)6)19-7-8-23-25-18(10-12-35-23)9-11-33-28(19)25/h7-9,11,13-14,29H,10,12H2,1-6H3/t29-/m1/s1. The monoisotopic (exact) mass is 489 g/mol. The highest BCUT2D eigenvalue weighted by Crippen LogP contribution is 2.46. The van der Waals surface area contributed by atoms with Crippen molar-refractivity contribution in [1.29, 1.82) is 0 Å². The molecule has 6 heteroatoms. The van der Waals surface area contributed by atoms with Gasteiger partial charge in [-0.05, 0) is 99.5 Å². The minimum absolute atomic E-state index is 0.0434. The molecule has 0 amide bonds. The number of carbonyl (C=O) groups excluding carboxylic acids is 1. The Morgan fingerprint density at radius 2 is 1.86 bits per heavy atom. The van der Waals surface area contributed by atoms with E-state index >= 15 is 8.78 Å². The molecule has 1 aliphatic heterocycles. The van der Waals surface area contributed by atoms with Gasteiger partial charge in [-0.3, -0.25) is 9.78 Å². The Hall–Kier alpha value is -3.38. The molecule has 0 radical (unpaired) electrons. The number of pyridine rings is 1. The van der Waals surface area contributed by atoms with Crippen LogP contribution in [-0.4, -0.2) is 23.0 Å². The molecule has 0 spiro atoms. The molecule has 1 aliphatic rings. The first kappa shape index (κ1) is 24.3. The fourth-order valence-electron chi connectivity index (χ4n) is 5.15. The van der Waals surface area contributed by atoms with Crippen LogP contribution in [-0.2, 0) is 16.0 Å². The molecule has 0 aliphatic carbocycles. The summed E-state index contributed by atoms with van der Waals surface area (Å²) >= 11 is 0. The van der Waals surface area contributed by atoms with Crippen LogP contribution in [0, 0.1) is 25.5 Å². The van der Waals surface area contributed by atoms with E-state index in [4.69, 9.17) is 9.47 Å². The molecule has 1 atom stereocenters. The molecule has 1 aromatic heterocycles. The summed E-state index contributed by atoms with van der Waals surface area (Å²) in [5, 5.41) is 1.55. The number of carbonyl (C=O) groups is 1. The Bertz CT molecular complexity index is 1540. The minimum Gasteiger partial charge on any atom is -0.493 e. The summed E-state index contributed by atoms with van der Waals surface area (Å²) in [6.45, 7) is 10.9. The number of fused-ring (bicyclic) bond motifs is 1. The molecular formula is C30H29F2NO3. The maximum atomic E-state index is 15.4. The number of ether oxygens (including phenoxy) is 2. The van der Waals surface area contributed by atoms with E-state index < -0.39 is 23.3 Å². The van der Waals surface area contributed by atoms with E-state index in [2.05, 4.69) is 4.98 Å². The summed E-state index contributed by atoms with van der Waals surface area (Å²) in [6.07, 6.45) is 1.55. The van der Waals surface area contributed by atoms with Crippen LogP contribution in [0.4, 0.5) is 8.78 Å². The normalized spacial score (nSPS) is 14.2. The van der Waals surface area contributed by atoms with E-state index in [1.165, 1.54) is 19.9 Å². The second-order valence-electron chi connectivity index (χ2n) is 10.5. The first-order chi connectivity index (χ1) is 17.0. The van der Waals surface area contributed by atoms with Gasteiger partial charge in [0.2, 0.25) is 0 Å². The third kappa shape index (κ3) is 3.94. The van der Waals surface area contributed by atoms with Gasteiger partial charge in [-0.25, -0.2) is 8.78 Å². The van der Waals surface area contributed by atoms with Crippen molar-refractivity contribution in [3.05, 3.63) is 70.4 Å². The molecule has 5 rings (SSSR count). The van der Waals surface area contributed by atoms with Gasteiger partial charge in [0.15, 0.2) is 5.78 Å². The number of aryl methyl sites for hydroxylation is 1. The number of halogens is 2. The third-order valence-corrected chi connectivity index (χ3v) is 6.75. The number of rotatable bonds is 4. The predicted molar refractivity (Wildman–Crippen MR) is 138 cm³/mol. The van der Waals surface area contributed by atoms with Crippen LogP contribution in [0.1, 0.15) is 56.1 Å². The van der Waals surface area contributed by atoms with Gasteiger partial charge in [0.25, 0.3) is 0 Å². The molecule has 0 N–H and O–H groups in total. The lowest BCUT2D eigenvalue weighted by atomic mass is 9.84. The molecule has 2 heterocycles. The number of hydrogen-bond acceptors (Lipinski definition) is 4. The number of nitrogens with zero attached hydrogens (tertiary/aromatic N) is 1. The molecule has 0 unspecified atom stereocenters. The molecule has 3 aromatic carbocycles. The van der Waals surface area contributed by atoms with Crippen LogP contribution in [0.15, 0.2) is 36.5 Å². The van der Waals surface area contributed by atoms with Gasteiger partial charge < -0.3 is 9.47 Å². The van der Waals surface area contributed by atoms with Crippen molar-refractivity contribution >= 4 is 27.5 Å². The minimum atomic E-state index is -0.932. The maximum absolute atomic E-state index is 15.4. The molecular weight excluding hydrogens is 460 g/mol. The van der Waals surface area contributed by atoms with Gasteiger partial charge in [-0.2, -0.15) is 0 Å². The molecule has 4 aromatic rings. The summed E-state index contributed by atoms with van der Waals surface area (Å²) in [6, 6.07) is 8.73. The molecule has 4 nitrogen and oxygen atoms in total. The van der Waals surface area contributed by atoms with E-state index in [-0.39, 0.29) is 11.3 Å². The van der Waals surface area contributed by atoms with Crippen LogP contribution in [0.3, 0.4) is 0 Å².